The second-order valence-corrected chi connectivity index (χ2v) is 4.33. The number of anilines is 2. The number of amides is 1. The van der Waals surface area contributed by atoms with Crippen molar-refractivity contribution in [2.45, 2.75) is 13.8 Å². The lowest BCUT2D eigenvalue weighted by atomic mass is 10.0. The maximum atomic E-state index is 11.0. The molecule has 1 amide bonds. The van der Waals surface area contributed by atoms with Gasteiger partial charge in [-0.15, -0.1) is 0 Å². The largest absolute Gasteiger partial charge is 0.398 e. The minimum atomic E-state index is -0.0735. The van der Waals surface area contributed by atoms with Gasteiger partial charge in [0.2, 0.25) is 5.91 Å². The van der Waals surface area contributed by atoms with Gasteiger partial charge in [0, 0.05) is 18.3 Å². The summed E-state index contributed by atoms with van der Waals surface area (Å²) in [6.07, 6.45) is 0. The highest BCUT2D eigenvalue weighted by Crippen LogP contribution is 2.25. The lowest BCUT2D eigenvalue weighted by molar-refractivity contribution is -0.114. The highest BCUT2D eigenvalue weighted by molar-refractivity contribution is 5.89. The van der Waals surface area contributed by atoms with Crippen LogP contribution < -0.4 is 11.1 Å². The predicted molar refractivity (Wildman–Crippen MR) is 75.3 cm³/mol. The van der Waals surface area contributed by atoms with Gasteiger partial charge in [-0.25, -0.2) is 0 Å². The summed E-state index contributed by atoms with van der Waals surface area (Å²) in [7, 11) is 0. The number of benzene rings is 2. The second-order valence-electron chi connectivity index (χ2n) is 4.33. The quantitative estimate of drug-likeness (QED) is 0.792. The van der Waals surface area contributed by atoms with E-state index in [1.165, 1.54) is 6.92 Å². The van der Waals surface area contributed by atoms with Gasteiger partial charge in [0.1, 0.15) is 0 Å². The molecule has 0 radical (unpaired) electrons. The van der Waals surface area contributed by atoms with Gasteiger partial charge >= 0.3 is 0 Å². The molecular weight excluding hydrogens is 224 g/mol. The Kier molecular flexibility index (Phi) is 3.33. The van der Waals surface area contributed by atoms with Gasteiger partial charge in [0.25, 0.3) is 0 Å². The zero-order chi connectivity index (χ0) is 13.1. The minimum Gasteiger partial charge on any atom is -0.398 e. The molecule has 0 fully saturated rings. The summed E-state index contributed by atoms with van der Waals surface area (Å²) >= 11 is 0. The molecular formula is C15H16N2O. The third-order valence-corrected chi connectivity index (χ3v) is 2.80. The maximum absolute atomic E-state index is 11.0. The average Bonchev–Trinajstić information content (AvgIpc) is 2.32. The second kappa shape index (κ2) is 4.92. The molecule has 3 nitrogen and oxygen atoms in total. The lowest BCUT2D eigenvalue weighted by Gasteiger charge is -2.08. The predicted octanol–water partition coefficient (Wildman–Crippen LogP) is 3.20. The van der Waals surface area contributed by atoms with Crippen molar-refractivity contribution in [2.24, 2.45) is 0 Å². The number of rotatable bonds is 2. The van der Waals surface area contributed by atoms with Gasteiger partial charge in [-0.05, 0) is 41.8 Å². The molecule has 0 saturated carbocycles. The Labute approximate surface area is 107 Å². The van der Waals surface area contributed by atoms with E-state index in [0.29, 0.717) is 0 Å². The molecule has 18 heavy (non-hydrogen) atoms. The molecule has 0 saturated heterocycles. The van der Waals surface area contributed by atoms with Gasteiger partial charge in [-0.1, -0.05) is 24.3 Å². The standard InChI is InChI=1S/C15H16N2O/c1-10-6-7-13(9-15(10)16)12-4-3-5-14(8-12)17-11(2)18/h3-9H,16H2,1-2H3,(H,17,18). The van der Waals surface area contributed by atoms with Crippen LogP contribution in [0.5, 0.6) is 0 Å². The van der Waals surface area contributed by atoms with E-state index in [0.717, 1.165) is 28.1 Å². The molecule has 0 aliphatic rings. The highest BCUT2D eigenvalue weighted by atomic mass is 16.1. The number of hydrogen-bond donors (Lipinski definition) is 2. The molecule has 0 unspecified atom stereocenters. The van der Waals surface area contributed by atoms with Crippen molar-refractivity contribution in [3.8, 4) is 11.1 Å². The number of nitrogens with one attached hydrogen (secondary N) is 1. The van der Waals surface area contributed by atoms with E-state index in [4.69, 9.17) is 5.73 Å². The molecule has 3 heteroatoms. The zero-order valence-corrected chi connectivity index (χ0v) is 10.5. The third kappa shape index (κ3) is 2.69. The number of carbonyl (C=O) groups excluding carboxylic acids is 1. The fraction of sp³-hybridized carbons (Fsp3) is 0.133. The van der Waals surface area contributed by atoms with Crippen molar-refractivity contribution >= 4 is 17.3 Å². The maximum Gasteiger partial charge on any atom is 0.221 e. The summed E-state index contributed by atoms with van der Waals surface area (Å²) in [6.45, 7) is 3.48. The molecule has 0 heterocycles. The topological polar surface area (TPSA) is 55.1 Å². The van der Waals surface area contributed by atoms with Crippen LogP contribution in [0.2, 0.25) is 0 Å². The summed E-state index contributed by atoms with van der Waals surface area (Å²) in [6, 6.07) is 13.7. The molecule has 2 aromatic rings. The monoisotopic (exact) mass is 240 g/mol. The summed E-state index contributed by atoms with van der Waals surface area (Å²) in [5.74, 6) is -0.0735. The van der Waals surface area contributed by atoms with E-state index in [2.05, 4.69) is 5.32 Å². The fourth-order valence-corrected chi connectivity index (χ4v) is 1.80. The van der Waals surface area contributed by atoms with Crippen molar-refractivity contribution in [2.75, 3.05) is 11.1 Å². The van der Waals surface area contributed by atoms with E-state index in [-0.39, 0.29) is 5.91 Å². The number of hydrogen-bond acceptors (Lipinski definition) is 2. The van der Waals surface area contributed by atoms with Crippen molar-refractivity contribution in [1.82, 2.24) is 0 Å². The van der Waals surface area contributed by atoms with Crippen LogP contribution in [-0.2, 0) is 4.79 Å². The van der Waals surface area contributed by atoms with Crippen LogP contribution in [0, 0.1) is 6.92 Å². The first-order valence-electron chi connectivity index (χ1n) is 5.80. The van der Waals surface area contributed by atoms with Crippen molar-refractivity contribution in [3.05, 3.63) is 48.0 Å². The SMILES string of the molecule is CC(=O)Nc1cccc(-c2ccc(C)c(N)c2)c1. The van der Waals surface area contributed by atoms with Crippen LogP contribution in [0.4, 0.5) is 11.4 Å². The number of carbonyl (C=O) groups is 1. The van der Waals surface area contributed by atoms with Crippen LogP contribution >= 0.6 is 0 Å². The van der Waals surface area contributed by atoms with Crippen molar-refractivity contribution in [1.29, 1.82) is 0 Å². The molecule has 2 aromatic carbocycles. The van der Waals surface area contributed by atoms with E-state index >= 15 is 0 Å². The van der Waals surface area contributed by atoms with E-state index < -0.39 is 0 Å². The number of nitrogens with two attached hydrogens (primary N) is 1. The van der Waals surface area contributed by atoms with Crippen molar-refractivity contribution < 1.29 is 4.79 Å². The summed E-state index contributed by atoms with van der Waals surface area (Å²) in [5, 5.41) is 2.77. The average molecular weight is 240 g/mol. The molecule has 0 aliphatic carbocycles. The van der Waals surface area contributed by atoms with Crippen LogP contribution in [0.1, 0.15) is 12.5 Å². The molecule has 0 atom stereocenters. The van der Waals surface area contributed by atoms with Gasteiger partial charge in [-0.3, -0.25) is 4.79 Å². The Hall–Kier alpha value is -2.29. The molecule has 2 rings (SSSR count). The Morgan fingerprint density at radius 3 is 2.50 bits per heavy atom. The van der Waals surface area contributed by atoms with Crippen LogP contribution in [0.3, 0.4) is 0 Å². The normalized spacial score (nSPS) is 10.1. The highest BCUT2D eigenvalue weighted by Gasteiger charge is 2.02. The molecule has 0 aliphatic heterocycles. The summed E-state index contributed by atoms with van der Waals surface area (Å²) in [4.78, 5) is 11.0. The fourth-order valence-electron chi connectivity index (χ4n) is 1.80. The molecule has 0 spiro atoms. The molecule has 3 N–H and O–H groups in total. The first-order chi connectivity index (χ1) is 8.56. The Morgan fingerprint density at radius 1 is 1.11 bits per heavy atom. The molecule has 0 aromatic heterocycles. The Morgan fingerprint density at radius 2 is 1.83 bits per heavy atom. The van der Waals surface area contributed by atoms with E-state index in [1.54, 1.807) is 0 Å². The lowest BCUT2D eigenvalue weighted by Crippen LogP contribution is -2.05. The minimum absolute atomic E-state index is 0.0735. The number of aryl methyl sites for hydroxylation is 1. The van der Waals surface area contributed by atoms with Gasteiger partial charge < -0.3 is 11.1 Å². The Balaban J connectivity index is 2.38. The van der Waals surface area contributed by atoms with E-state index in [9.17, 15) is 4.79 Å². The van der Waals surface area contributed by atoms with Crippen LogP contribution in [0.15, 0.2) is 42.5 Å². The van der Waals surface area contributed by atoms with Gasteiger partial charge in [-0.2, -0.15) is 0 Å². The van der Waals surface area contributed by atoms with Crippen LogP contribution in [-0.4, -0.2) is 5.91 Å². The van der Waals surface area contributed by atoms with E-state index in [1.807, 2.05) is 49.4 Å². The van der Waals surface area contributed by atoms with Gasteiger partial charge in [0.15, 0.2) is 0 Å². The molecule has 0 bridgehead atoms. The number of nitrogen functional groups attached to an aromatic ring is 1. The first-order valence-corrected chi connectivity index (χ1v) is 5.80. The van der Waals surface area contributed by atoms with Crippen LogP contribution in [0.25, 0.3) is 11.1 Å². The zero-order valence-electron chi connectivity index (χ0n) is 10.5. The third-order valence-electron chi connectivity index (χ3n) is 2.80. The first kappa shape index (κ1) is 12.2. The Bertz CT molecular complexity index is 591. The van der Waals surface area contributed by atoms with Crippen molar-refractivity contribution in [3.63, 3.8) is 0 Å². The summed E-state index contributed by atoms with van der Waals surface area (Å²) in [5.41, 5.74) is 10.6. The van der Waals surface area contributed by atoms with Gasteiger partial charge in [0.05, 0.1) is 0 Å². The smallest absolute Gasteiger partial charge is 0.221 e. The molecule has 92 valence electrons. The summed E-state index contributed by atoms with van der Waals surface area (Å²) < 4.78 is 0.